The Morgan fingerprint density at radius 1 is 0.500 bits per heavy atom. The summed E-state index contributed by atoms with van der Waals surface area (Å²) >= 11 is 0. The fourth-order valence-electron chi connectivity index (χ4n) is 3.51. The van der Waals surface area contributed by atoms with E-state index in [4.69, 9.17) is 0 Å². The largest absolute Gasteiger partial charge is 0.383 e. The van der Waals surface area contributed by atoms with Crippen molar-refractivity contribution < 1.29 is 0 Å². The molecule has 3 heteroatoms. The second-order valence-electron chi connectivity index (χ2n) is 7.13. The fourth-order valence-corrected chi connectivity index (χ4v) is 3.51. The molecule has 0 saturated heterocycles. The third-order valence-electron chi connectivity index (χ3n) is 5.05. The highest BCUT2D eigenvalue weighted by Gasteiger charge is 2.14. The van der Waals surface area contributed by atoms with Crippen LogP contribution in [-0.4, -0.2) is 19.8 Å². The van der Waals surface area contributed by atoms with Crippen molar-refractivity contribution in [3.63, 3.8) is 0 Å². The van der Waals surface area contributed by atoms with Gasteiger partial charge in [0, 0.05) is 35.8 Å². The van der Waals surface area contributed by atoms with E-state index in [0.717, 1.165) is 25.4 Å². The van der Waals surface area contributed by atoms with Crippen molar-refractivity contribution in [3.8, 4) is 0 Å². The van der Waals surface area contributed by atoms with Gasteiger partial charge in [-0.25, -0.2) is 0 Å². The summed E-state index contributed by atoms with van der Waals surface area (Å²) in [6.45, 7) is 2.50. The van der Waals surface area contributed by atoms with E-state index in [1.165, 1.54) is 17.1 Å². The van der Waals surface area contributed by atoms with Crippen molar-refractivity contribution in [2.75, 3.05) is 34.9 Å². The Labute approximate surface area is 179 Å². The van der Waals surface area contributed by atoms with E-state index in [2.05, 4.69) is 130 Å². The van der Waals surface area contributed by atoms with E-state index in [1.807, 2.05) is 6.07 Å². The van der Waals surface area contributed by atoms with Crippen LogP contribution in [0, 0.1) is 0 Å². The molecular weight excluding hydrogens is 366 g/mol. The number of benzene rings is 4. The van der Waals surface area contributed by atoms with E-state index in [1.54, 1.807) is 0 Å². The van der Waals surface area contributed by atoms with Gasteiger partial charge in [-0.05, 0) is 48.5 Å². The average Bonchev–Trinajstić information content (AvgIpc) is 2.83. The van der Waals surface area contributed by atoms with Crippen LogP contribution in [-0.2, 0) is 0 Å². The van der Waals surface area contributed by atoms with E-state index in [-0.39, 0.29) is 0 Å². The summed E-state index contributed by atoms with van der Waals surface area (Å²) in [7, 11) is 0. The number of hydrogen-bond donors (Lipinski definition) is 1. The number of hydrogen-bond acceptors (Lipinski definition) is 3. The lowest BCUT2D eigenvalue weighted by atomic mass is 10.2. The normalized spacial score (nSPS) is 10.4. The van der Waals surface area contributed by atoms with Gasteiger partial charge in [-0.3, -0.25) is 0 Å². The molecule has 150 valence electrons. The van der Waals surface area contributed by atoms with Gasteiger partial charge in [0.2, 0.25) is 0 Å². The molecule has 0 atom stereocenters. The van der Waals surface area contributed by atoms with Gasteiger partial charge >= 0.3 is 0 Å². The maximum atomic E-state index is 3.54. The highest BCUT2D eigenvalue weighted by Crippen LogP contribution is 2.26. The van der Waals surface area contributed by atoms with Crippen LogP contribution in [0.5, 0.6) is 0 Å². The zero-order valence-electron chi connectivity index (χ0n) is 17.1. The number of nitrogens with zero attached hydrogens (tertiary/aromatic N) is 2. The van der Waals surface area contributed by atoms with Gasteiger partial charge in [0.15, 0.2) is 0 Å². The summed E-state index contributed by atoms with van der Waals surface area (Å²) in [5.41, 5.74) is 4.72. The van der Waals surface area contributed by atoms with Crippen LogP contribution in [0.1, 0.15) is 0 Å². The average molecular weight is 394 g/mol. The summed E-state index contributed by atoms with van der Waals surface area (Å²) < 4.78 is 0. The van der Waals surface area contributed by atoms with Crippen LogP contribution >= 0.6 is 0 Å². The highest BCUT2D eigenvalue weighted by atomic mass is 15.3. The lowest BCUT2D eigenvalue weighted by Gasteiger charge is -2.34. The van der Waals surface area contributed by atoms with Crippen molar-refractivity contribution >= 4 is 22.7 Å². The molecule has 0 spiro atoms. The van der Waals surface area contributed by atoms with Gasteiger partial charge in [-0.1, -0.05) is 72.8 Å². The smallest absolute Gasteiger partial charge is 0.0952 e. The molecule has 4 aromatic carbocycles. The molecule has 0 aromatic heterocycles. The summed E-state index contributed by atoms with van der Waals surface area (Å²) in [6.07, 6.45) is 0. The Hall–Kier alpha value is -3.72. The van der Waals surface area contributed by atoms with Gasteiger partial charge in [0.25, 0.3) is 0 Å². The summed E-state index contributed by atoms with van der Waals surface area (Å²) in [5, 5.41) is 3.54. The van der Waals surface area contributed by atoms with Gasteiger partial charge in [-0.15, -0.1) is 0 Å². The first-order valence-corrected chi connectivity index (χ1v) is 10.4. The highest BCUT2D eigenvalue weighted by molar-refractivity contribution is 5.64. The van der Waals surface area contributed by atoms with Crippen LogP contribution in [0.2, 0.25) is 0 Å². The Kier molecular flexibility index (Phi) is 6.64. The molecule has 0 aliphatic heterocycles. The Balaban J connectivity index is 1.57. The molecule has 0 bridgehead atoms. The minimum absolute atomic E-state index is 0.758. The van der Waals surface area contributed by atoms with Crippen LogP contribution in [0.15, 0.2) is 121 Å². The monoisotopic (exact) mass is 393 g/mol. The van der Waals surface area contributed by atoms with Gasteiger partial charge in [0.05, 0.1) is 6.67 Å². The molecule has 30 heavy (non-hydrogen) atoms. The van der Waals surface area contributed by atoms with E-state index in [9.17, 15) is 0 Å². The SMILES string of the molecule is c1ccc(NCCN(CN(c2ccccc2)c2ccccc2)c2ccccc2)cc1. The molecule has 0 radical (unpaired) electrons. The second kappa shape index (κ2) is 10.2. The van der Waals surface area contributed by atoms with E-state index in [0.29, 0.717) is 0 Å². The van der Waals surface area contributed by atoms with Crippen LogP contribution in [0.25, 0.3) is 0 Å². The molecule has 1 N–H and O–H groups in total. The Morgan fingerprint density at radius 2 is 0.933 bits per heavy atom. The van der Waals surface area contributed by atoms with Crippen molar-refractivity contribution in [1.29, 1.82) is 0 Å². The predicted octanol–water partition coefficient (Wildman–Crippen LogP) is 6.40. The molecule has 0 heterocycles. The lowest BCUT2D eigenvalue weighted by Crippen LogP contribution is -2.38. The number of anilines is 4. The van der Waals surface area contributed by atoms with E-state index >= 15 is 0 Å². The topological polar surface area (TPSA) is 18.5 Å². The van der Waals surface area contributed by atoms with Crippen LogP contribution in [0.3, 0.4) is 0 Å². The predicted molar refractivity (Wildman–Crippen MR) is 129 cm³/mol. The molecular formula is C27H27N3. The number of para-hydroxylation sites is 4. The first kappa shape index (κ1) is 19.6. The Bertz CT molecular complexity index is 950. The summed E-state index contributed by atoms with van der Waals surface area (Å²) in [5.74, 6) is 0. The van der Waals surface area contributed by atoms with Crippen molar-refractivity contribution in [3.05, 3.63) is 121 Å². The Morgan fingerprint density at radius 3 is 1.43 bits per heavy atom. The quantitative estimate of drug-likeness (QED) is 0.332. The van der Waals surface area contributed by atoms with Gasteiger partial charge in [0.1, 0.15) is 0 Å². The van der Waals surface area contributed by atoms with Gasteiger partial charge < -0.3 is 15.1 Å². The molecule has 3 nitrogen and oxygen atoms in total. The fraction of sp³-hybridized carbons (Fsp3) is 0.111. The van der Waals surface area contributed by atoms with Crippen molar-refractivity contribution in [1.82, 2.24) is 0 Å². The standard InChI is InChI=1S/C27H27N3/c1-5-13-24(14-6-1)28-21-22-29(25-15-7-2-8-16-25)23-30(26-17-9-3-10-18-26)27-19-11-4-12-20-27/h1-20,28H,21-23H2. The van der Waals surface area contributed by atoms with Gasteiger partial charge in [-0.2, -0.15) is 0 Å². The minimum Gasteiger partial charge on any atom is -0.383 e. The summed E-state index contributed by atoms with van der Waals surface area (Å²) in [4.78, 5) is 4.77. The maximum absolute atomic E-state index is 3.54. The van der Waals surface area contributed by atoms with Crippen molar-refractivity contribution in [2.24, 2.45) is 0 Å². The first-order valence-electron chi connectivity index (χ1n) is 10.4. The molecule has 0 unspecified atom stereocenters. The molecule has 0 fully saturated rings. The summed E-state index contributed by atoms with van der Waals surface area (Å²) in [6, 6.07) is 42.1. The number of rotatable bonds is 9. The molecule has 0 amide bonds. The zero-order valence-corrected chi connectivity index (χ0v) is 17.1. The molecule has 4 rings (SSSR count). The lowest BCUT2D eigenvalue weighted by molar-refractivity contribution is 0.796. The van der Waals surface area contributed by atoms with E-state index < -0.39 is 0 Å². The molecule has 0 aliphatic carbocycles. The maximum Gasteiger partial charge on any atom is 0.0952 e. The first-order chi connectivity index (χ1) is 14.9. The molecule has 0 aliphatic rings. The molecule has 4 aromatic rings. The third kappa shape index (κ3) is 5.21. The van der Waals surface area contributed by atoms with Crippen LogP contribution < -0.4 is 15.1 Å². The molecule has 0 saturated carbocycles. The minimum atomic E-state index is 0.758. The van der Waals surface area contributed by atoms with Crippen LogP contribution in [0.4, 0.5) is 22.7 Å². The number of nitrogens with one attached hydrogen (secondary N) is 1. The second-order valence-corrected chi connectivity index (χ2v) is 7.13. The zero-order chi connectivity index (χ0) is 20.4. The van der Waals surface area contributed by atoms with Crippen molar-refractivity contribution in [2.45, 2.75) is 0 Å². The third-order valence-corrected chi connectivity index (χ3v) is 5.05.